The van der Waals surface area contributed by atoms with Crippen LogP contribution in [-0.2, 0) is 137 Å². The second kappa shape index (κ2) is 48.9. The number of ketones is 2. The van der Waals surface area contributed by atoms with Crippen molar-refractivity contribution in [3.05, 3.63) is 58.9 Å². The van der Waals surface area contributed by atoms with Crippen LogP contribution >= 0.6 is 0 Å². The Morgan fingerprint density at radius 1 is 0.660 bits per heavy atom. The van der Waals surface area contributed by atoms with Gasteiger partial charge in [0.25, 0.3) is 11.8 Å². The van der Waals surface area contributed by atoms with Gasteiger partial charge in [-0.25, -0.2) is 4.68 Å². The average molecular weight is 1340 g/mol. The number of methoxy groups -OCH3 is 1. The van der Waals surface area contributed by atoms with E-state index in [1.54, 1.807) is 73.0 Å². The molecule has 30 nitrogen and oxygen atoms in total. The monoisotopic (exact) mass is 1340 g/mol. The van der Waals surface area contributed by atoms with Crippen molar-refractivity contribution in [2.45, 2.75) is 123 Å². The van der Waals surface area contributed by atoms with Gasteiger partial charge in [0.2, 0.25) is 5.91 Å². The number of aliphatic hydroxyl groups excluding tert-OH is 3. The smallest absolute Gasteiger partial charge is 0.373 e. The van der Waals surface area contributed by atoms with E-state index in [9.17, 15) is 44.1 Å². The van der Waals surface area contributed by atoms with Crippen LogP contribution in [0.2, 0.25) is 0 Å². The minimum atomic E-state index is -1.38. The number of imide groups is 1. The Morgan fingerprint density at radius 3 is 1.56 bits per heavy atom. The molecule has 3 amide bonds. The quantitative estimate of drug-likeness (QED) is 0.0396. The lowest BCUT2D eigenvalue weighted by Gasteiger charge is -2.35. The standard InChI is InChI=1S/C63H101N5O23.CO2/c1-45(2)51(61(76)64-46(3)53(69)39-47-8-9-49(43-91-62(77)63(4,5)6)48(38-47)10-11-56-60(75)59(74)55(71)44-90-56)41-54(70)52(68-57(72)12-13-58(68)73)40-50-42-67(66-65-50)14-15-79-18-19-81-22-23-83-26-27-85-30-31-87-34-35-89-37-36-88-33-32-86-29-28-84-25-24-82-21-20-80-17-16-78-7;2-1-3/h8-9,12-13,38,42,45-46,51-52,55-56,59-60,71,74-75H,10-11,14-37,39-41,43-44H2,1-7H3,(H,64,76);/t46-,51-,52?,55+,56-,59-,60-;/m0./s1. The van der Waals surface area contributed by atoms with Gasteiger partial charge in [-0.1, -0.05) is 37.3 Å². The summed E-state index contributed by atoms with van der Waals surface area (Å²) in [6.07, 6.45) is -0.789. The molecule has 2 aliphatic heterocycles. The van der Waals surface area contributed by atoms with E-state index in [0.29, 0.717) is 181 Å². The summed E-state index contributed by atoms with van der Waals surface area (Å²) in [5.41, 5.74) is 1.53. The first kappa shape index (κ1) is 82.5. The Bertz CT molecular complexity index is 2520. The molecule has 1 fully saturated rings. The van der Waals surface area contributed by atoms with Crippen LogP contribution in [0.4, 0.5) is 0 Å². The molecular formula is C64H101N5O25. The Morgan fingerprint density at radius 2 is 1.12 bits per heavy atom. The van der Waals surface area contributed by atoms with Gasteiger partial charge in [0.1, 0.15) is 31.0 Å². The summed E-state index contributed by atoms with van der Waals surface area (Å²) in [6.45, 7) is 20.6. The van der Waals surface area contributed by atoms with E-state index in [-0.39, 0.29) is 57.4 Å². The molecule has 1 unspecified atom stereocenters. The number of nitrogens with zero attached hydrogens (tertiary/aromatic N) is 4. The second-order valence-corrected chi connectivity index (χ2v) is 23.2. The molecule has 1 aromatic carbocycles. The number of ether oxygens (including phenoxy) is 14. The third-order valence-electron chi connectivity index (χ3n) is 14.5. The summed E-state index contributed by atoms with van der Waals surface area (Å²) < 4.78 is 78.3. The number of aliphatic hydroxyl groups is 3. The number of esters is 1. The first-order chi connectivity index (χ1) is 45.2. The molecule has 0 spiro atoms. The third-order valence-corrected chi connectivity index (χ3v) is 14.5. The van der Waals surface area contributed by atoms with Gasteiger partial charge in [-0.15, -0.1) is 5.10 Å². The fraction of sp³-hybridized carbons (Fsp3) is 0.734. The van der Waals surface area contributed by atoms with E-state index in [1.807, 2.05) is 0 Å². The van der Waals surface area contributed by atoms with Crippen molar-refractivity contribution < 1.29 is 120 Å². The largest absolute Gasteiger partial charge is 0.460 e. The molecule has 2 aromatic rings. The van der Waals surface area contributed by atoms with Crippen molar-refractivity contribution in [3.63, 3.8) is 0 Å². The number of nitrogens with one attached hydrogen (secondary N) is 1. The van der Waals surface area contributed by atoms with Gasteiger partial charge >= 0.3 is 12.1 Å². The molecule has 4 rings (SSSR count). The van der Waals surface area contributed by atoms with Crippen LogP contribution < -0.4 is 5.32 Å². The summed E-state index contributed by atoms with van der Waals surface area (Å²) in [7, 11) is 1.63. The lowest BCUT2D eigenvalue weighted by Crippen LogP contribution is -2.52. The van der Waals surface area contributed by atoms with Crippen molar-refractivity contribution in [1.82, 2.24) is 25.2 Å². The zero-order chi connectivity index (χ0) is 68.9. The second-order valence-electron chi connectivity index (χ2n) is 23.2. The molecule has 1 aromatic heterocycles. The molecule has 532 valence electrons. The maximum absolute atomic E-state index is 14.2. The lowest BCUT2D eigenvalue weighted by molar-refractivity contribution is -0.192. The van der Waals surface area contributed by atoms with E-state index in [0.717, 1.165) is 17.1 Å². The molecule has 94 heavy (non-hydrogen) atoms. The number of Topliss-reactive ketones (excluding diaryl/α,β-unsaturated/α-hetero) is 2. The first-order valence-electron chi connectivity index (χ1n) is 31.8. The maximum atomic E-state index is 14.2. The zero-order valence-electron chi connectivity index (χ0n) is 55.6. The molecule has 4 N–H and O–H groups in total. The zero-order valence-corrected chi connectivity index (χ0v) is 55.6. The Kier molecular flexibility index (Phi) is 42.9. The Labute approximate surface area is 550 Å². The third kappa shape index (κ3) is 34.3. The number of aromatic nitrogens is 3. The molecule has 30 heteroatoms. The van der Waals surface area contributed by atoms with Crippen LogP contribution in [0.15, 0.2) is 36.5 Å². The number of benzene rings is 1. The highest BCUT2D eigenvalue weighted by atomic mass is 16.6. The van der Waals surface area contributed by atoms with E-state index in [2.05, 4.69) is 15.6 Å². The molecule has 0 aliphatic carbocycles. The molecule has 0 saturated carbocycles. The highest BCUT2D eigenvalue weighted by Gasteiger charge is 2.40. The van der Waals surface area contributed by atoms with Crippen LogP contribution in [0.1, 0.15) is 76.8 Å². The average Bonchev–Trinajstić information content (AvgIpc) is 1.66. The highest BCUT2D eigenvalue weighted by Crippen LogP contribution is 2.26. The molecule has 3 heterocycles. The maximum Gasteiger partial charge on any atom is 0.373 e. The summed E-state index contributed by atoms with van der Waals surface area (Å²) in [5.74, 6) is -4.58. The molecule has 1 saturated heterocycles. The van der Waals surface area contributed by atoms with Gasteiger partial charge in [0.05, 0.1) is 188 Å². The molecule has 7 atom stereocenters. The Balaban J connectivity index is 0.00000753. The van der Waals surface area contributed by atoms with Crippen molar-refractivity contribution >= 4 is 41.4 Å². The highest BCUT2D eigenvalue weighted by molar-refractivity contribution is 6.15. The van der Waals surface area contributed by atoms with Gasteiger partial charge in [0.15, 0.2) is 11.6 Å². The fourth-order valence-electron chi connectivity index (χ4n) is 9.09. The normalized spacial score (nSPS) is 17.4. The van der Waals surface area contributed by atoms with Crippen molar-refractivity contribution in [2.24, 2.45) is 17.3 Å². The number of amides is 3. The van der Waals surface area contributed by atoms with Crippen LogP contribution in [0, 0.1) is 17.3 Å². The van der Waals surface area contributed by atoms with Gasteiger partial charge in [0, 0.05) is 50.6 Å². The SMILES string of the molecule is COCCOCCOCCOCCOCCOCCOCCOCCOCCOCCOCCOCCn1cc(CC(C(=O)C[C@H](C(=O)N[C@@H](C)C(=O)Cc2ccc(COC(=O)C(C)(C)C)c(CC[C@@H]3OC[C@@H](O)[C@H](O)[C@H]3O)c2)C(C)C)N2C(=O)C=CC2=O)nn1.O=C=O. The van der Waals surface area contributed by atoms with Crippen LogP contribution in [0.25, 0.3) is 0 Å². The minimum Gasteiger partial charge on any atom is -0.460 e. The number of aryl methyl sites for hydroxylation is 1. The van der Waals surface area contributed by atoms with Gasteiger partial charge in [-0.3, -0.25) is 33.7 Å². The summed E-state index contributed by atoms with van der Waals surface area (Å²) in [5, 5.41) is 41.9. The van der Waals surface area contributed by atoms with Crippen molar-refractivity contribution in [3.8, 4) is 0 Å². The van der Waals surface area contributed by atoms with Crippen molar-refractivity contribution in [2.75, 3.05) is 166 Å². The summed E-state index contributed by atoms with van der Waals surface area (Å²) >= 11 is 0. The van der Waals surface area contributed by atoms with Gasteiger partial charge < -0.3 is 87.0 Å². The van der Waals surface area contributed by atoms with E-state index < -0.39 is 83.2 Å². The molecule has 0 radical (unpaired) electrons. The fourth-order valence-corrected chi connectivity index (χ4v) is 9.09. The number of carbonyl (C=O) groups excluding carboxylic acids is 8. The predicted octanol–water partition coefficient (Wildman–Crippen LogP) is 0.411. The lowest BCUT2D eigenvalue weighted by atomic mass is 9.86. The predicted molar refractivity (Wildman–Crippen MR) is 330 cm³/mol. The summed E-state index contributed by atoms with van der Waals surface area (Å²) in [4.78, 5) is 97.7. The molecular weight excluding hydrogens is 1240 g/mol. The van der Waals surface area contributed by atoms with E-state index >= 15 is 0 Å². The first-order valence-corrected chi connectivity index (χ1v) is 31.8. The summed E-state index contributed by atoms with van der Waals surface area (Å²) in [6, 6.07) is 2.95. The minimum absolute atomic E-state index is 0.0556. The van der Waals surface area contributed by atoms with Gasteiger partial charge in [-0.2, -0.15) is 9.59 Å². The topological polar surface area (TPSA) is 372 Å². The van der Waals surface area contributed by atoms with Crippen LogP contribution in [0.5, 0.6) is 0 Å². The number of hydrogen-bond acceptors (Lipinski definition) is 27. The van der Waals surface area contributed by atoms with Crippen LogP contribution in [-0.4, -0.2) is 279 Å². The number of carbonyl (C=O) groups is 6. The van der Waals surface area contributed by atoms with Crippen molar-refractivity contribution in [1.29, 1.82) is 0 Å². The number of hydrogen-bond donors (Lipinski definition) is 4. The Hall–Kier alpha value is -5.74. The molecule has 2 aliphatic rings. The number of rotatable bonds is 53. The van der Waals surface area contributed by atoms with E-state index in [4.69, 9.17) is 75.9 Å². The molecule has 0 bridgehead atoms. The van der Waals surface area contributed by atoms with E-state index in [1.165, 1.54) is 4.68 Å². The van der Waals surface area contributed by atoms with Crippen LogP contribution in [0.3, 0.4) is 0 Å². The van der Waals surface area contributed by atoms with Gasteiger partial charge in [-0.05, 0) is 63.1 Å².